The molecule has 192 valence electrons. The molecule has 0 spiro atoms. The number of unbranched alkanes of at least 4 members (excludes halogenated alkanes) is 1. The quantitative estimate of drug-likeness (QED) is 0.232. The number of anilines is 2. The number of nitrogens with zero attached hydrogens (tertiary/aromatic N) is 3. The Hall–Kier alpha value is -3.87. The minimum Gasteiger partial charge on any atom is -0.340 e. The van der Waals surface area contributed by atoms with Gasteiger partial charge in [-0.25, -0.2) is 9.67 Å². The minimum absolute atomic E-state index is 0.517. The number of halogens is 3. The van der Waals surface area contributed by atoms with Crippen LogP contribution in [-0.2, 0) is 6.42 Å². The lowest BCUT2D eigenvalue weighted by atomic mass is 9.94. The molecule has 4 rings (SSSR count). The lowest BCUT2D eigenvalue weighted by Gasteiger charge is -2.17. The fourth-order valence-corrected chi connectivity index (χ4v) is 4.39. The summed E-state index contributed by atoms with van der Waals surface area (Å²) in [6.07, 6.45) is 1.19. The predicted molar refractivity (Wildman–Crippen MR) is 143 cm³/mol. The fourth-order valence-electron chi connectivity index (χ4n) is 4.39. The van der Waals surface area contributed by atoms with E-state index >= 15 is 0 Å². The van der Waals surface area contributed by atoms with E-state index in [1.807, 2.05) is 72.8 Å². The summed E-state index contributed by atoms with van der Waals surface area (Å²) in [5.74, 6) is 0.105. The molecule has 1 N–H and O–H groups in total. The monoisotopic (exact) mass is 504 g/mol. The number of alkyl halides is 3. The second-order valence-electron chi connectivity index (χ2n) is 9.12. The molecule has 7 heteroatoms. The van der Waals surface area contributed by atoms with Crippen molar-refractivity contribution in [3.63, 3.8) is 0 Å². The Labute approximate surface area is 215 Å². The van der Waals surface area contributed by atoms with E-state index < -0.39 is 17.7 Å². The Kier molecular flexibility index (Phi) is 8.11. The highest BCUT2D eigenvalue weighted by molar-refractivity contribution is 5.66. The maximum atomic E-state index is 13.5. The van der Waals surface area contributed by atoms with Gasteiger partial charge in [-0.15, -0.1) is 0 Å². The molecule has 1 atom stereocenters. The van der Waals surface area contributed by atoms with E-state index in [9.17, 15) is 13.2 Å². The first-order valence-electron chi connectivity index (χ1n) is 12.5. The van der Waals surface area contributed by atoms with Crippen LogP contribution >= 0.6 is 0 Å². The zero-order valence-electron chi connectivity index (χ0n) is 21.3. The highest BCUT2D eigenvalue weighted by Crippen LogP contribution is 2.36. The molecular weight excluding hydrogens is 473 g/mol. The van der Waals surface area contributed by atoms with Crippen molar-refractivity contribution < 1.29 is 13.2 Å². The van der Waals surface area contributed by atoms with Crippen LogP contribution in [0.15, 0.2) is 90.6 Å². The second kappa shape index (κ2) is 11.5. The van der Waals surface area contributed by atoms with Crippen molar-refractivity contribution in [1.29, 1.82) is 0 Å². The average Bonchev–Trinajstić information content (AvgIpc) is 3.28. The van der Waals surface area contributed by atoms with Gasteiger partial charge in [0.25, 0.3) is 0 Å². The first-order valence-corrected chi connectivity index (χ1v) is 12.5. The highest BCUT2D eigenvalue weighted by Gasteiger charge is 2.31. The zero-order valence-corrected chi connectivity index (χ0v) is 21.3. The molecule has 0 aliphatic carbocycles. The average molecular weight is 505 g/mol. The van der Waals surface area contributed by atoms with Gasteiger partial charge in [0.05, 0.1) is 17.1 Å². The molecule has 0 radical (unpaired) electrons. The molecule has 4 aromatic rings. The molecule has 0 aliphatic rings. The van der Waals surface area contributed by atoms with Crippen LogP contribution in [0.3, 0.4) is 0 Å². The van der Waals surface area contributed by atoms with Crippen LogP contribution in [0.5, 0.6) is 0 Å². The maximum absolute atomic E-state index is 13.5. The Bertz CT molecular complexity index is 1340. The standard InChI is InChI=1S/C30H31F3N4/c1-4-5-16-26-28(23-12-8-6-9-13-23)36-37(29(26)21(2)19-22(3)30(31,32)33)25-17-18-34-27(20-25)35-24-14-10-7-11-15-24/h6-15,17-21H,4-5,16H2,1-3H3,(H,34,35)/b22-19+. The molecule has 0 saturated heterocycles. The summed E-state index contributed by atoms with van der Waals surface area (Å²) in [6, 6.07) is 23.2. The van der Waals surface area contributed by atoms with Gasteiger partial charge >= 0.3 is 6.18 Å². The Morgan fingerprint density at radius 2 is 1.70 bits per heavy atom. The molecule has 0 bridgehead atoms. The zero-order chi connectivity index (χ0) is 26.4. The molecule has 2 aromatic heterocycles. The van der Waals surface area contributed by atoms with E-state index in [0.29, 0.717) is 5.82 Å². The third-order valence-corrected chi connectivity index (χ3v) is 6.26. The number of allylic oxidation sites excluding steroid dienone is 2. The van der Waals surface area contributed by atoms with E-state index in [1.165, 1.54) is 6.08 Å². The largest absolute Gasteiger partial charge is 0.412 e. The van der Waals surface area contributed by atoms with Gasteiger partial charge in [0.2, 0.25) is 0 Å². The van der Waals surface area contributed by atoms with E-state index in [4.69, 9.17) is 5.10 Å². The molecule has 37 heavy (non-hydrogen) atoms. The molecule has 0 saturated carbocycles. The summed E-state index contributed by atoms with van der Waals surface area (Å²) in [5, 5.41) is 8.28. The van der Waals surface area contributed by atoms with E-state index in [0.717, 1.165) is 60.1 Å². The van der Waals surface area contributed by atoms with Crippen molar-refractivity contribution in [3.8, 4) is 16.9 Å². The first-order chi connectivity index (χ1) is 17.8. The summed E-state index contributed by atoms with van der Waals surface area (Å²) >= 11 is 0. The minimum atomic E-state index is -4.38. The fraction of sp³-hybridized carbons (Fsp3) is 0.267. The molecule has 0 aliphatic heterocycles. The molecular formula is C30H31F3N4. The molecule has 0 fully saturated rings. The number of rotatable bonds is 9. The number of pyridine rings is 1. The molecule has 2 heterocycles. The molecule has 0 amide bonds. The van der Waals surface area contributed by atoms with E-state index in [2.05, 4.69) is 17.2 Å². The van der Waals surface area contributed by atoms with E-state index in [1.54, 1.807) is 17.8 Å². The van der Waals surface area contributed by atoms with E-state index in [-0.39, 0.29) is 0 Å². The number of benzene rings is 2. The van der Waals surface area contributed by atoms with Crippen LogP contribution in [0.25, 0.3) is 16.9 Å². The van der Waals surface area contributed by atoms with Crippen LogP contribution in [-0.4, -0.2) is 20.9 Å². The normalized spacial score (nSPS) is 13.0. The van der Waals surface area contributed by atoms with Gasteiger partial charge in [0, 0.05) is 40.6 Å². The van der Waals surface area contributed by atoms with Crippen molar-refractivity contribution in [3.05, 3.63) is 102 Å². The topological polar surface area (TPSA) is 42.7 Å². The third kappa shape index (κ3) is 6.28. The molecule has 4 nitrogen and oxygen atoms in total. The highest BCUT2D eigenvalue weighted by atomic mass is 19.4. The van der Waals surface area contributed by atoms with Crippen LogP contribution in [0.2, 0.25) is 0 Å². The summed E-state index contributed by atoms with van der Waals surface area (Å²) in [5.41, 5.74) is 4.47. The number of aromatic nitrogens is 3. The first kappa shape index (κ1) is 26.2. The second-order valence-corrected chi connectivity index (χ2v) is 9.12. The van der Waals surface area contributed by atoms with Gasteiger partial charge in [-0.05, 0) is 38.0 Å². The van der Waals surface area contributed by atoms with Crippen molar-refractivity contribution in [2.75, 3.05) is 5.32 Å². The maximum Gasteiger partial charge on any atom is 0.412 e. The van der Waals surface area contributed by atoms with Gasteiger partial charge in [-0.3, -0.25) is 0 Å². The summed E-state index contributed by atoms with van der Waals surface area (Å²) in [4.78, 5) is 4.44. The Morgan fingerprint density at radius 3 is 2.35 bits per heavy atom. The van der Waals surface area contributed by atoms with Gasteiger partial charge in [-0.1, -0.05) is 74.9 Å². The Balaban J connectivity index is 1.88. The Morgan fingerprint density at radius 1 is 1.03 bits per heavy atom. The van der Waals surface area contributed by atoms with Crippen LogP contribution in [0, 0.1) is 0 Å². The van der Waals surface area contributed by atoms with Crippen molar-refractivity contribution in [2.24, 2.45) is 0 Å². The number of nitrogens with one attached hydrogen (secondary N) is 1. The van der Waals surface area contributed by atoms with Crippen LogP contribution in [0.1, 0.15) is 50.8 Å². The predicted octanol–water partition coefficient (Wildman–Crippen LogP) is 8.63. The smallest absolute Gasteiger partial charge is 0.340 e. The SMILES string of the molecule is CCCCc1c(-c2ccccc2)nn(-c2ccnc(Nc3ccccc3)c2)c1C(C)/C=C(\C)C(F)(F)F. The lowest BCUT2D eigenvalue weighted by molar-refractivity contribution is -0.0916. The van der Waals surface area contributed by atoms with Crippen LogP contribution < -0.4 is 5.32 Å². The van der Waals surface area contributed by atoms with Crippen molar-refractivity contribution in [1.82, 2.24) is 14.8 Å². The van der Waals surface area contributed by atoms with Crippen LogP contribution in [0.4, 0.5) is 24.7 Å². The van der Waals surface area contributed by atoms with Gasteiger partial charge in [-0.2, -0.15) is 18.3 Å². The number of hydrogen-bond donors (Lipinski definition) is 1. The number of hydrogen-bond acceptors (Lipinski definition) is 3. The van der Waals surface area contributed by atoms with Gasteiger partial charge in [0.1, 0.15) is 5.82 Å². The third-order valence-electron chi connectivity index (χ3n) is 6.26. The van der Waals surface area contributed by atoms with Gasteiger partial charge < -0.3 is 5.32 Å². The number of para-hydroxylation sites is 1. The van der Waals surface area contributed by atoms with Crippen molar-refractivity contribution in [2.45, 2.75) is 52.1 Å². The van der Waals surface area contributed by atoms with Gasteiger partial charge in [0.15, 0.2) is 0 Å². The summed E-state index contributed by atoms with van der Waals surface area (Å²) in [6.45, 7) is 5.03. The lowest BCUT2D eigenvalue weighted by Crippen LogP contribution is -2.12. The summed E-state index contributed by atoms with van der Waals surface area (Å²) in [7, 11) is 0. The molecule has 2 aromatic carbocycles. The molecule has 1 unspecified atom stereocenters. The summed E-state index contributed by atoms with van der Waals surface area (Å²) < 4.78 is 42.2. The van der Waals surface area contributed by atoms with Crippen molar-refractivity contribution >= 4 is 11.5 Å².